The maximum Gasteiger partial charge on any atom is 0.140 e. The van der Waals surface area contributed by atoms with Crippen LogP contribution in [0.1, 0.15) is 0 Å². The first-order valence-corrected chi connectivity index (χ1v) is 1.94. The highest BCUT2D eigenvalue weighted by molar-refractivity contribution is 4.39. The van der Waals surface area contributed by atoms with Gasteiger partial charge < -0.3 is 9.84 Å². The maximum absolute atomic E-state index is 8.50. The van der Waals surface area contributed by atoms with Crippen LogP contribution >= 0.6 is 0 Å². The van der Waals surface area contributed by atoms with Crippen molar-refractivity contribution in [1.82, 2.24) is 5.43 Å². The second-order valence-electron chi connectivity index (χ2n) is 1.14. The van der Waals surface area contributed by atoms with Gasteiger partial charge in [-0.05, 0) is 0 Å². The summed E-state index contributed by atoms with van der Waals surface area (Å²) in [6, 6.07) is 0. The second kappa shape index (κ2) is 4.01. The van der Waals surface area contributed by atoms with Crippen LogP contribution in [0.25, 0.3) is 0 Å². The molecule has 0 saturated carbocycles. The van der Waals surface area contributed by atoms with Crippen molar-refractivity contribution >= 4 is 0 Å². The molecule has 44 valence electrons. The van der Waals surface area contributed by atoms with Gasteiger partial charge in [-0.15, -0.1) is 0 Å². The molecule has 0 aromatic rings. The summed E-state index contributed by atoms with van der Waals surface area (Å²) in [6.07, 6.45) is -0.745. The molecule has 0 rings (SSSR count). The minimum atomic E-state index is -0.745. The highest BCUT2D eigenvalue weighted by Crippen LogP contribution is 1.70. The molecule has 0 aliphatic rings. The fourth-order valence-corrected chi connectivity index (χ4v) is 0.206. The summed E-state index contributed by atoms with van der Waals surface area (Å²) in [7, 11) is 1.49. The van der Waals surface area contributed by atoms with Gasteiger partial charge in [0.05, 0.1) is 6.61 Å². The third kappa shape index (κ3) is 3.68. The van der Waals surface area contributed by atoms with E-state index in [4.69, 9.17) is 10.9 Å². The lowest BCUT2D eigenvalue weighted by atomic mass is 10.6. The number of hydrogen-bond donors (Lipinski definition) is 3. The number of aliphatic hydroxyl groups excluding tert-OH is 1. The van der Waals surface area contributed by atoms with Crippen molar-refractivity contribution in [2.75, 3.05) is 13.7 Å². The van der Waals surface area contributed by atoms with E-state index in [1.54, 1.807) is 0 Å². The van der Waals surface area contributed by atoms with Crippen molar-refractivity contribution in [2.24, 2.45) is 5.84 Å². The van der Waals surface area contributed by atoms with Crippen molar-refractivity contribution in [3.63, 3.8) is 0 Å². The predicted molar refractivity (Wildman–Crippen MR) is 25.2 cm³/mol. The number of hydrazine groups is 1. The first-order valence-electron chi connectivity index (χ1n) is 1.94. The van der Waals surface area contributed by atoms with E-state index >= 15 is 0 Å². The second-order valence-corrected chi connectivity index (χ2v) is 1.14. The third-order valence-electron chi connectivity index (χ3n) is 0.517. The molecule has 7 heavy (non-hydrogen) atoms. The van der Waals surface area contributed by atoms with E-state index in [-0.39, 0.29) is 6.61 Å². The van der Waals surface area contributed by atoms with E-state index in [2.05, 4.69) is 10.2 Å². The Balaban J connectivity index is 2.83. The Kier molecular flexibility index (Phi) is 3.92. The summed E-state index contributed by atoms with van der Waals surface area (Å²) in [4.78, 5) is 0. The Hall–Kier alpha value is -0.160. The molecule has 1 atom stereocenters. The van der Waals surface area contributed by atoms with E-state index in [1.165, 1.54) is 7.11 Å². The highest BCUT2D eigenvalue weighted by atomic mass is 16.5. The first-order chi connectivity index (χ1) is 3.31. The number of rotatable bonds is 3. The summed E-state index contributed by atoms with van der Waals surface area (Å²) in [5.41, 5.74) is 2.10. The van der Waals surface area contributed by atoms with Gasteiger partial charge in [0.15, 0.2) is 0 Å². The molecule has 0 spiro atoms. The lowest BCUT2D eigenvalue weighted by Gasteiger charge is -2.04. The molecule has 1 unspecified atom stereocenters. The largest absolute Gasteiger partial charge is 0.381 e. The summed E-state index contributed by atoms with van der Waals surface area (Å²) in [6.45, 7) is 0.219. The van der Waals surface area contributed by atoms with Crippen LogP contribution in [0.5, 0.6) is 0 Å². The van der Waals surface area contributed by atoms with Gasteiger partial charge in [-0.1, -0.05) is 0 Å². The predicted octanol–water partition coefficient (Wildman–Crippen LogP) is -1.59. The zero-order valence-electron chi connectivity index (χ0n) is 4.22. The summed E-state index contributed by atoms with van der Waals surface area (Å²) in [5, 5.41) is 8.50. The Morgan fingerprint density at radius 3 is 2.71 bits per heavy atom. The van der Waals surface area contributed by atoms with E-state index in [9.17, 15) is 0 Å². The average molecular weight is 106 g/mol. The van der Waals surface area contributed by atoms with Crippen molar-refractivity contribution < 1.29 is 9.84 Å². The number of ether oxygens (including phenoxy) is 1. The van der Waals surface area contributed by atoms with Gasteiger partial charge in [-0.25, -0.2) is 5.43 Å². The van der Waals surface area contributed by atoms with Crippen LogP contribution < -0.4 is 11.3 Å². The summed E-state index contributed by atoms with van der Waals surface area (Å²) in [5.74, 6) is 4.78. The van der Waals surface area contributed by atoms with Crippen molar-refractivity contribution in [3.05, 3.63) is 0 Å². The first kappa shape index (κ1) is 6.84. The number of nitrogens with one attached hydrogen (secondary N) is 1. The van der Waals surface area contributed by atoms with Gasteiger partial charge >= 0.3 is 0 Å². The van der Waals surface area contributed by atoms with Crippen molar-refractivity contribution in [3.8, 4) is 0 Å². The Labute approximate surface area is 42.2 Å². The van der Waals surface area contributed by atoms with Crippen LogP contribution in [0.4, 0.5) is 0 Å². The van der Waals surface area contributed by atoms with Crippen LogP contribution in [-0.4, -0.2) is 25.1 Å². The van der Waals surface area contributed by atoms with Gasteiger partial charge in [0.2, 0.25) is 0 Å². The molecule has 0 aromatic carbocycles. The normalized spacial score (nSPS) is 14.1. The quantitative estimate of drug-likeness (QED) is 0.230. The molecule has 0 aromatic heterocycles. The number of hydrogen-bond acceptors (Lipinski definition) is 4. The molecule has 0 saturated heterocycles. The van der Waals surface area contributed by atoms with Crippen molar-refractivity contribution in [2.45, 2.75) is 6.23 Å². The lowest BCUT2D eigenvalue weighted by molar-refractivity contribution is 0.0428. The molecule has 0 bridgehead atoms. The van der Waals surface area contributed by atoms with E-state index in [0.717, 1.165) is 0 Å². The Bertz CT molecular complexity index is 41.9. The average Bonchev–Trinajstić information content (AvgIpc) is 1.68. The molecule has 4 heteroatoms. The fourth-order valence-electron chi connectivity index (χ4n) is 0.206. The molecule has 4 N–H and O–H groups in total. The minimum Gasteiger partial charge on any atom is -0.381 e. The molecular weight excluding hydrogens is 96.0 g/mol. The lowest BCUT2D eigenvalue weighted by Crippen LogP contribution is -2.37. The fraction of sp³-hybridized carbons (Fsp3) is 1.00. The monoisotopic (exact) mass is 106 g/mol. The topological polar surface area (TPSA) is 67.5 Å². The Morgan fingerprint density at radius 2 is 2.57 bits per heavy atom. The smallest absolute Gasteiger partial charge is 0.140 e. The number of aliphatic hydroxyl groups is 1. The van der Waals surface area contributed by atoms with E-state index < -0.39 is 6.23 Å². The standard InChI is InChI=1S/C3H10N2O2/c1-7-2-3(6)5-4/h3,5-6H,2,4H2,1H3. The molecule has 0 amide bonds. The highest BCUT2D eigenvalue weighted by Gasteiger charge is 1.94. The molecular formula is C3H10N2O2. The molecule has 0 radical (unpaired) electrons. The van der Waals surface area contributed by atoms with Gasteiger partial charge in [0.25, 0.3) is 0 Å². The van der Waals surface area contributed by atoms with Crippen LogP contribution in [0.15, 0.2) is 0 Å². The van der Waals surface area contributed by atoms with Crippen molar-refractivity contribution in [1.29, 1.82) is 0 Å². The van der Waals surface area contributed by atoms with Crippen LogP contribution in [0, 0.1) is 0 Å². The van der Waals surface area contributed by atoms with Gasteiger partial charge in [0.1, 0.15) is 6.23 Å². The zero-order chi connectivity index (χ0) is 5.70. The van der Waals surface area contributed by atoms with Crippen LogP contribution in [-0.2, 0) is 4.74 Å². The molecule has 0 aliphatic carbocycles. The summed E-state index contributed by atoms with van der Waals surface area (Å²) < 4.78 is 4.50. The van der Waals surface area contributed by atoms with Crippen LogP contribution in [0.2, 0.25) is 0 Å². The molecule has 0 fully saturated rings. The van der Waals surface area contributed by atoms with E-state index in [0.29, 0.717) is 0 Å². The van der Waals surface area contributed by atoms with Gasteiger partial charge in [-0.2, -0.15) is 0 Å². The summed E-state index contributed by atoms with van der Waals surface area (Å²) >= 11 is 0. The molecule has 0 aliphatic heterocycles. The number of nitrogens with two attached hydrogens (primary N) is 1. The number of methoxy groups -OCH3 is 1. The van der Waals surface area contributed by atoms with Crippen LogP contribution in [0.3, 0.4) is 0 Å². The van der Waals surface area contributed by atoms with E-state index in [1.807, 2.05) is 0 Å². The maximum atomic E-state index is 8.50. The molecule has 0 heterocycles. The Morgan fingerprint density at radius 1 is 2.00 bits per heavy atom. The third-order valence-corrected chi connectivity index (χ3v) is 0.517. The van der Waals surface area contributed by atoms with Gasteiger partial charge in [-0.3, -0.25) is 5.84 Å². The molecule has 4 nitrogen and oxygen atoms in total. The minimum absolute atomic E-state index is 0.219. The SMILES string of the molecule is COCC(O)NN. The zero-order valence-corrected chi connectivity index (χ0v) is 4.22. The van der Waals surface area contributed by atoms with Gasteiger partial charge in [0, 0.05) is 7.11 Å².